The summed E-state index contributed by atoms with van der Waals surface area (Å²) in [6, 6.07) is 4.31. The summed E-state index contributed by atoms with van der Waals surface area (Å²) in [6.45, 7) is -1.35. The second-order valence-electron chi connectivity index (χ2n) is 4.32. The molecular formula is C13H12F4N2O. The molecule has 108 valence electrons. The molecular weight excluding hydrogens is 276 g/mol. The Labute approximate surface area is 112 Å². The molecule has 1 aromatic carbocycles. The first-order valence-electron chi connectivity index (χ1n) is 5.88. The SMILES string of the molecule is OCCc1ccc(-c2cnn(CC(F)(F)F)c2)cc1F. The second-order valence-corrected chi connectivity index (χ2v) is 4.32. The van der Waals surface area contributed by atoms with Gasteiger partial charge < -0.3 is 5.11 Å². The third-order valence-corrected chi connectivity index (χ3v) is 2.74. The van der Waals surface area contributed by atoms with Gasteiger partial charge in [0.1, 0.15) is 12.4 Å². The molecule has 7 heteroatoms. The van der Waals surface area contributed by atoms with Gasteiger partial charge in [0.15, 0.2) is 0 Å². The van der Waals surface area contributed by atoms with Gasteiger partial charge in [-0.2, -0.15) is 18.3 Å². The Hall–Kier alpha value is -1.89. The molecule has 2 rings (SSSR count). The van der Waals surface area contributed by atoms with Crippen LogP contribution in [-0.2, 0) is 13.0 Å². The van der Waals surface area contributed by atoms with E-state index < -0.39 is 18.5 Å². The fourth-order valence-electron chi connectivity index (χ4n) is 1.83. The van der Waals surface area contributed by atoms with Gasteiger partial charge >= 0.3 is 6.18 Å². The Morgan fingerprint density at radius 2 is 1.95 bits per heavy atom. The van der Waals surface area contributed by atoms with Crippen LogP contribution in [0.4, 0.5) is 17.6 Å². The van der Waals surface area contributed by atoms with Crippen LogP contribution in [0.2, 0.25) is 0 Å². The van der Waals surface area contributed by atoms with Crippen LogP contribution in [0.25, 0.3) is 11.1 Å². The molecule has 1 aromatic heterocycles. The van der Waals surface area contributed by atoms with Crippen molar-refractivity contribution in [2.75, 3.05) is 6.61 Å². The largest absolute Gasteiger partial charge is 0.408 e. The fraction of sp³-hybridized carbons (Fsp3) is 0.308. The molecule has 1 heterocycles. The first-order chi connectivity index (χ1) is 9.39. The molecule has 0 unspecified atom stereocenters. The van der Waals surface area contributed by atoms with Gasteiger partial charge in [0.25, 0.3) is 0 Å². The monoisotopic (exact) mass is 288 g/mol. The van der Waals surface area contributed by atoms with E-state index in [-0.39, 0.29) is 13.0 Å². The normalized spacial score (nSPS) is 11.8. The van der Waals surface area contributed by atoms with Crippen LogP contribution in [0, 0.1) is 5.82 Å². The van der Waals surface area contributed by atoms with Gasteiger partial charge in [-0.15, -0.1) is 0 Å². The number of hydrogen-bond acceptors (Lipinski definition) is 2. The lowest BCUT2D eigenvalue weighted by Crippen LogP contribution is -2.17. The number of benzene rings is 1. The number of nitrogens with zero attached hydrogens (tertiary/aromatic N) is 2. The highest BCUT2D eigenvalue weighted by atomic mass is 19.4. The van der Waals surface area contributed by atoms with Crippen LogP contribution in [0.1, 0.15) is 5.56 Å². The van der Waals surface area contributed by atoms with E-state index in [0.717, 1.165) is 4.68 Å². The number of aliphatic hydroxyl groups excluding tert-OH is 1. The molecule has 1 N–H and O–H groups in total. The van der Waals surface area contributed by atoms with Crippen LogP contribution in [0.5, 0.6) is 0 Å². The highest BCUT2D eigenvalue weighted by Gasteiger charge is 2.28. The zero-order chi connectivity index (χ0) is 14.8. The van der Waals surface area contributed by atoms with Crippen molar-refractivity contribution in [3.63, 3.8) is 0 Å². The standard InChI is InChI=1S/C13H12F4N2O/c14-12-5-10(2-1-9(12)3-4-20)11-6-18-19(7-11)8-13(15,16)17/h1-2,5-7,20H,3-4,8H2. The molecule has 3 nitrogen and oxygen atoms in total. The van der Waals surface area contributed by atoms with E-state index in [9.17, 15) is 17.6 Å². The van der Waals surface area contributed by atoms with Crippen molar-refractivity contribution in [2.45, 2.75) is 19.1 Å². The Morgan fingerprint density at radius 3 is 2.55 bits per heavy atom. The third kappa shape index (κ3) is 3.57. The number of hydrogen-bond donors (Lipinski definition) is 1. The Morgan fingerprint density at radius 1 is 1.20 bits per heavy atom. The molecule has 0 aliphatic rings. The van der Waals surface area contributed by atoms with Gasteiger partial charge in [-0.1, -0.05) is 12.1 Å². The number of aromatic nitrogens is 2. The second kappa shape index (κ2) is 5.62. The molecule has 0 spiro atoms. The van der Waals surface area contributed by atoms with Gasteiger partial charge in [0.2, 0.25) is 0 Å². The minimum absolute atomic E-state index is 0.167. The smallest absolute Gasteiger partial charge is 0.396 e. The highest BCUT2D eigenvalue weighted by molar-refractivity contribution is 5.62. The molecule has 0 fully saturated rings. The molecule has 0 amide bonds. The van der Waals surface area contributed by atoms with Crippen molar-refractivity contribution in [1.82, 2.24) is 9.78 Å². The van der Waals surface area contributed by atoms with Gasteiger partial charge in [0, 0.05) is 18.4 Å². The lowest BCUT2D eigenvalue weighted by molar-refractivity contribution is -0.142. The van der Waals surface area contributed by atoms with Gasteiger partial charge in [-0.3, -0.25) is 4.68 Å². The summed E-state index contributed by atoms with van der Waals surface area (Å²) < 4.78 is 51.1. The molecule has 2 aromatic rings. The average molecular weight is 288 g/mol. The summed E-state index contributed by atoms with van der Waals surface area (Å²) >= 11 is 0. The molecule has 0 aliphatic heterocycles. The van der Waals surface area contributed by atoms with E-state index in [1.165, 1.54) is 24.5 Å². The van der Waals surface area contributed by atoms with Crippen LogP contribution in [0.15, 0.2) is 30.6 Å². The quantitative estimate of drug-likeness (QED) is 0.879. The van der Waals surface area contributed by atoms with Crippen molar-refractivity contribution >= 4 is 0 Å². The van der Waals surface area contributed by atoms with E-state index in [1.54, 1.807) is 6.07 Å². The maximum Gasteiger partial charge on any atom is 0.408 e. The molecule has 0 radical (unpaired) electrons. The van der Waals surface area contributed by atoms with Crippen LogP contribution >= 0.6 is 0 Å². The minimum Gasteiger partial charge on any atom is -0.396 e. The zero-order valence-corrected chi connectivity index (χ0v) is 10.4. The summed E-state index contributed by atoms with van der Waals surface area (Å²) in [7, 11) is 0. The van der Waals surface area contributed by atoms with E-state index in [1.807, 2.05) is 0 Å². The molecule has 0 saturated carbocycles. The van der Waals surface area contributed by atoms with Crippen LogP contribution in [-0.4, -0.2) is 27.7 Å². The summed E-state index contributed by atoms with van der Waals surface area (Å²) in [5.41, 5.74) is 1.21. The summed E-state index contributed by atoms with van der Waals surface area (Å²) in [4.78, 5) is 0. The Balaban J connectivity index is 2.22. The Bertz CT molecular complexity index is 592. The van der Waals surface area contributed by atoms with E-state index >= 15 is 0 Å². The summed E-state index contributed by atoms with van der Waals surface area (Å²) in [6.07, 6.45) is -1.68. The lowest BCUT2D eigenvalue weighted by atomic mass is 10.1. The van der Waals surface area contributed by atoms with E-state index in [0.29, 0.717) is 16.7 Å². The Kier molecular flexibility index (Phi) is 4.08. The van der Waals surface area contributed by atoms with Crippen molar-refractivity contribution in [3.05, 3.63) is 42.0 Å². The lowest BCUT2D eigenvalue weighted by Gasteiger charge is -2.05. The molecule has 0 atom stereocenters. The van der Waals surface area contributed by atoms with Crippen molar-refractivity contribution in [2.24, 2.45) is 0 Å². The first kappa shape index (κ1) is 14.5. The predicted molar refractivity (Wildman–Crippen MR) is 64.5 cm³/mol. The number of aliphatic hydroxyl groups is 1. The van der Waals surface area contributed by atoms with Crippen LogP contribution < -0.4 is 0 Å². The molecule has 0 aliphatic carbocycles. The van der Waals surface area contributed by atoms with E-state index in [2.05, 4.69) is 5.10 Å². The summed E-state index contributed by atoms with van der Waals surface area (Å²) in [5.74, 6) is -0.500. The molecule has 20 heavy (non-hydrogen) atoms. The van der Waals surface area contributed by atoms with Gasteiger partial charge in [0.05, 0.1) is 6.20 Å². The zero-order valence-electron chi connectivity index (χ0n) is 10.4. The number of alkyl halides is 3. The summed E-state index contributed by atoms with van der Waals surface area (Å²) in [5, 5.41) is 12.4. The fourth-order valence-corrected chi connectivity index (χ4v) is 1.83. The average Bonchev–Trinajstić information content (AvgIpc) is 2.78. The van der Waals surface area contributed by atoms with Crippen molar-refractivity contribution < 1.29 is 22.7 Å². The topological polar surface area (TPSA) is 38.1 Å². The van der Waals surface area contributed by atoms with Gasteiger partial charge in [-0.05, 0) is 23.6 Å². The first-order valence-corrected chi connectivity index (χ1v) is 5.88. The van der Waals surface area contributed by atoms with E-state index in [4.69, 9.17) is 5.11 Å². The van der Waals surface area contributed by atoms with Gasteiger partial charge in [-0.25, -0.2) is 4.39 Å². The maximum atomic E-state index is 13.7. The third-order valence-electron chi connectivity index (χ3n) is 2.74. The molecule has 0 bridgehead atoms. The van der Waals surface area contributed by atoms with Crippen molar-refractivity contribution in [1.29, 1.82) is 0 Å². The number of halogens is 4. The minimum atomic E-state index is -4.35. The highest BCUT2D eigenvalue weighted by Crippen LogP contribution is 2.23. The van der Waals surface area contributed by atoms with Crippen molar-refractivity contribution in [3.8, 4) is 11.1 Å². The predicted octanol–water partition coefficient (Wildman–Crippen LogP) is 2.79. The number of rotatable bonds is 4. The maximum absolute atomic E-state index is 13.7. The van der Waals surface area contributed by atoms with Crippen LogP contribution in [0.3, 0.4) is 0 Å². The molecule has 0 saturated heterocycles.